The van der Waals surface area contributed by atoms with Gasteiger partial charge in [-0.1, -0.05) is 30.3 Å². The molecule has 0 bridgehead atoms. The smallest absolute Gasteiger partial charge is 0.338 e. The number of carbonyl (C=O) groups is 2. The molecule has 0 saturated heterocycles. The zero-order valence-corrected chi connectivity index (χ0v) is 11.7. The summed E-state index contributed by atoms with van der Waals surface area (Å²) < 4.78 is 6.34. The molecular weight excluding hydrogens is 278 g/mol. The average molecular weight is 292 g/mol. The highest BCUT2D eigenvalue weighted by Crippen LogP contribution is 2.01. The van der Waals surface area contributed by atoms with Crippen molar-refractivity contribution in [3.8, 4) is 0 Å². The van der Waals surface area contributed by atoms with E-state index in [-0.39, 0.29) is 30.7 Å². The minimum atomic E-state index is -0.387. The Labute approximate surface area is 123 Å². The number of rotatable bonds is 4. The first kappa shape index (κ1) is 15.9. The molecule has 0 radical (unpaired) electrons. The molecule has 5 heteroatoms. The number of hydrogen-bond donors (Lipinski definition) is 0. The Morgan fingerprint density at radius 1 is 1.00 bits per heavy atom. The van der Waals surface area contributed by atoms with Crippen molar-refractivity contribution in [2.24, 2.45) is 0 Å². The van der Waals surface area contributed by atoms with Gasteiger partial charge in [-0.05, 0) is 0 Å². The number of aromatic nitrogens is 1. The Morgan fingerprint density at radius 3 is 2.15 bits per heavy atom. The van der Waals surface area contributed by atoms with Crippen molar-refractivity contribution < 1.29 is 31.3 Å². The molecule has 20 heavy (non-hydrogen) atoms. The van der Waals surface area contributed by atoms with Gasteiger partial charge in [-0.2, -0.15) is 4.57 Å². The van der Waals surface area contributed by atoms with Crippen LogP contribution in [-0.2, 0) is 11.3 Å². The summed E-state index contributed by atoms with van der Waals surface area (Å²) in [6.45, 7) is 0.242. The van der Waals surface area contributed by atoms with Crippen LogP contribution in [0.4, 0.5) is 0 Å². The maximum atomic E-state index is 12.0. The molecule has 2 rings (SSSR count). The van der Waals surface area contributed by atoms with E-state index in [2.05, 4.69) is 4.74 Å². The first-order chi connectivity index (χ1) is 9.20. The molecule has 0 fully saturated rings. The third-order valence-corrected chi connectivity index (χ3v) is 2.73. The number of ether oxygens (including phenoxy) is 1. The fraction of sp³-hybridized carbons (Fsp3) is 0.133. The zero-order valence-electron chi connectivity index (χ0n) is 11.0. The number of halogens is 1. The van der Waals surface area contributed by atoms with Gasteiger partial charge in [0.15, 0.2) is 12.4 Å². The highest BCUT2D eigenvalue weighted by Gasteiger charge is 2.13. The van der Waals surface area contributed by atoms with Crippen LogP contribution in [0.25, 0.3) is 0 Å². The normalized spacial score (nSPS) is 9.45. The quantitative estimate of drug-likeness (QED) is 0.397. The number of ketones is 1. The van der Waals surface area contributed by atoms with Crippen molar-refractivity contribution in [2.75, 3.05) is 7.11 Å². The Balaban J connectivity index is 0.00000200. The second kappa shape index (κ2) is 7.40. The lowest BCUT2D eigenvalue weighted by Crippen LogP contribution is -3.00. The molecule has 0 aliphatic rings. The molecule has 1 aromatic carbocycles. The van der Waals surface area contributed by atoms with Gasteiger partial charge in [0.25, 0.3) is 0 Å². The van der Waals surface area contributed by atoms with Crippen LogP contribution in [0.1, 0.15) is 20.7 Å². The summed E-state index contributed by atoms with van der Waals surface area (Å²) in [5.41, 5.74) is 1.14. The van der Waals surface area contributed by atoms with Gasteiger partial charge in [0.05, 0.1) is 12.7 Å². The summed E-state index contributed by atoms with van der Waals surface area (Å²) in [7, 11) is 1.34. The van der Waals surface area contributed by atoms with Gasteiger partial charge in [0, 0.05) is 17.7 Å². The summed E-state index contributed by atoms with van der Waals surface area (Å²) in [6, 6.07) is 12.4. The number of methoxy groups -OCH3 is 1. The largest absolute Gasteiger partial charge is 1.00 e. The first-order valence-electron chi connectivity index (χ1n) is 5.86. The standard InChI is InChI=1S/C15H14NO3.ClH/c1-19-15(18)13-7-9-16(10-8-13)11-14(17)12-5-3-2-4-6-12;/h2-10H,11H2,1H3;1H/q+1;/p-1. The number of carbonyl (C=O) groups excluding carboxylic acids is 2. The lowest BCUT2D eigenvalue weighted by Gasteiger charge is -1.99. The van der Waals surface area contributed by atoms with Crippen LogP contribution in [0.2, 0.25) is 0 Å². The molecule has 0 saturated carbocycles. The topological polar surface area (TPSA) is 47.2 Å². The Morgan fingerprint density at radius 2 is 1.60 bits per heavy atom. The molecule has 0 atom stereocenters. The van der Waals surface area contributed by atoms with Gasteiger partial charge < -0.3 is 17.1 Å². The van der Waals surface area contributed by atoms with Crippen molar-refractivity contribution in [2.45, 2.75) is 6.54 Å². The maximum Gasteiger partial charge on any atom is 0.338 e. The predicted molar refractivity (Wildman–Crippen MR) is 68.7 cm³/mol. The van der Waals surface area contributed by atoms with Crippen molar-refractivity contribution in [3.63, 3.8) is 0 Å². The van der Waals surface area contributed by atoms with Crippen LogP contribution in [0, 0.1) is 0 Å². The zero-order chi connectivity index (χ0) is 13.7. The van der Waals surface area contributed by atoms with E-state index in [1.54, 1.807) is 41.2 Å². The summed E-state index contributed by atoms with van der Waals surface area (Å²) >= 11 is 0. The first-order valence-corrected chi connectivity index (χ1v) is 5.86. The third kappa shape index (κ3) is 3.90. The van der Waals surface area contributed by atoms with E-state index in [9.17, 15) is 9.59 Å². The lowest BCUT2D eigenvalue weighted by atomic mass is 10.1. The van der Waals surface area contributed by atoms with Crippen molar-refractivity contribution in [1.82, 2.24) is 0 Å². The molecule has 0 spiro atoms. The molecule has 1 aromatic heterocycles. The van der Waals surface area contributed by atoms with Gasteiger partial charge in [-0.25, -0.2) is 4.79 Å². The SMILES string of the molecule is COC(=O)c1cc[n+](CC(=O)c2ccccc2)cc1.[Cl-]. The summed E-state index contributed by atoms with van der Waals surface area (Å²) in [4.78, 5) is 23.2. The molecular formula is C15H14ClNO3. The van der Waals surface area contributed by atoms with Gasteiger partial charge in [-0.15, -0.1) is 0 Å². The third-order valence-electron chi connectivity index (χ3n) is 2.73. The molecule has 0 amide bonds. The van der Waals surface area contributed by atoms with E-state index in [4.69, 9.17) is 0 Å². The number of esters is 1. The molecule has 0 aliphatic heterocycles. The number of nitrogens with zero attached hydrogens (tertiary/aromatic N) is 1. The number of pyridine rings is 1. The molecule has 4 nitrogen and oxygen atoms in total. The second-order valence-corrected chi connectivity index (χ2v) is 4.04. The van der Waals surface area contributed by atoms with Crippen LogP contribution in [0.5, 0.6) is 0 Å². The summed E-state index contributed by atoms with van der Waals surface area (Å²) in [6.07, 6.45) is 3.38. The highest BCUT2D eigenvalue weighted by molar-refractivity contribution is 5.95. The van der Waals surface area contributed by atoms with Crippen molar-refractivity contribution in [3.05, 3.63) is 66.0 Å². The minimum absolute atomic E-state index is 0. The lowest BCUT2D eigenvalue weighted by molar-refractivity contribution is -0.683. The fourth-order valence-corrected chi connectivity index (χ4v) is 1.70. The van der Waals surface area contributed by atoms with Crippen LogP contribution in [0.15, 0.2) is 54.9 Å². The fourth-order valence-electron chi connectivity index (χ4n) is 1.70. The van der Waals surface area contributed by atoms with Crippen LogP contribution >= 0.6 is 0 Å². The van der Waals surface area contributed by atoms with E-state index in [0.717, 1.165) is 0 Å². The second-order valence-electron chi connectivity index (χ2n) is 4.04. The van der Waals surface area contributed by atoms with E-state index >= 15 is 0 Å². The number of hydrogen-bond acceptors (Lipinski definition) is 3. The highest BCUT2D eigenvalue weighted by atomic mass is 35.5. The van der Waals surface area contributed by atoms with E-state index < -0.39 is 0 Å². The van der Waals surface area contributed by atoms with E-state index in [1.165, 1.54) is 7.11 Å². The van der Waals surface area contributed by atoms with Crippen LogP contribution < -0.4 is 17.0 Å². The van der Waals surface area contributed by atoms with Crippen LogP contribution in [0.3, 0.4) is 0 Å². The van der Waals surface area contributed by atoms with Crippen molar-refractivity contribution >= 4 is 11.8 Å². The Bertz CT molecular complexity index is 582. The molecule has 0 aliphatic carbocycles. The van der Waals surface area contributed by atoms with Crippen molar-refractivity contribution in [1.29, 1.82) is 0 Å². The summed E-state index contributed by atoms with van der Waals surface area (Å²) in [5, 5.41) is 0. The Kier molecular flexibility index (Phi) is 5.87. The Hall–Kier alpha value is -2.20. The molecule has 1 heterocycles. The van der Waals surface area contributed by atoms with Gasteiger partial charge >= 0.3 is 5.97 Å². The minimum Gasteiger partial charge on any atom is -1.00 e. The monoisotopic (exact) mass is 291 g/mol. The molecule has 2 aromatic rings. The average Bonchev–Trinajstić information content (AvgIpc) is 2.48. The summed E-state index contributed by atoms with van der Waals surface area (Å²) in [5.74, 6) is -0.363. The van der Waals surface area contributed by atoms with Gasteiger partial charge in [0.2, 0.25) is 12.3 Å². The molecule has 0 unspecified atom stereocenters. The van der Waals surface area contributed by atoms with Gasteiger partial charge in [0.1, 0.15) is 0 Å². The number of benzene rings is 1. The van der Waals surface area contributed by atoms with Gasteiger partial charge in [-0.3, -0.25) is 4.79 Å². The predicted octanol–water partition coefficient (Wildman–Crippen LogP) is -1.35. The van der Waals surface area contributed by atoms with E-state index in [0.29, 0.717) is 11.1 Å². The maximum absolute atomic E-state index is 12.0. The number of Topliss-reactive ketones (excluding diaryl/α,β-unsaturated/α-hetero) is 1. The molecule has 0 N–H and O–H groups in total. The van der Waals surface area contributed by atoms with E-state index in [1.807, 2.05) is 18.2 Å². The van der Waals surface area contributed by atoms with Crippen LogP contribution in [-0.4, -0.2) is 18.9 Å². The molecule has 104 valence electrons.